The number of nitrogens with one attached hydrogen (secondary N) is 3. The molecule has 0 spiro atoms. The van der Waals surface area contributed by atoms with E-state index < -0.39 is 0 Å². The third kappa shape index (κ3) is 5.23. The van der Waals surface area contributed by atoms with Crippen molar-refractivity contribution in [1.29, 1.82) is 0 Å². The molecule has 1 aromatic carbocycles. The molecular weight excluding hydrogens is 547 g/mol. The number of carbonyl (C=O) groups is 2. The minimum Gasteiger partial charge on any atom is -0.358 e. The van der Waals surface area contributed by atoms with E-state index in [1.807, 2.05) is 36.4 Å². The number of carbonyl (C=O) groups excluding carboxylic acids is 2. The Morgan fingerprint density at radius 1 is 0.950 bits per heavy atom. The quantitative estimate of drug-likeness (QED) is 0.307. The van der Waals surface area contributed by atoms with Crippen molar-refractivity contribution in [2.45, 2.75) is 38.1 Å². The number of hydrogen-bond donors (Lipinski definition) is 3. The van der Waals surface area contributed by atoms with Crippen molar-refractivity contribution >= 4 is 47.5 Å². The highest BCUT2D eigenvalue weighted by molar-refractivity contribution is 5.99. The fraction of sp³-hybridized carbons (Fsp3) is 0.367. The molecule has 2 amide bonds. The van der Waals surface area contributed by atoms with Gasteiger partial charge in [-0.15, -0.1) is 24.8 Å². The van der Waals surface area contributed by atoms with Crippen LogP contribution in [0.3, 0.4) is 0 Å². The monoisotopic (exact) mass is 580 g/mol. The van der Waals surface area contributed by atoms with Crippen molar-refractivity contribution in [3.8, 4) is 22.5 Å². The van der Waals surface area contributed by atoms with Crippen molar-refractivity contribution in [2.75, 3.05) is 32.7 Å². The highest BCUT2D eigenvalue weighted by Gasteiger charge is 2.32. The van der Waals surface area contributed by atoms with Gasteiger partial charge < -0.3 is 25.1 Å². The summed E-state index contributed by atoms with van der Waals surface area (Å²) in [6.07, 6.45) is 7.31. The minimum absolute atomic E-state index is 0. The predicted octanol–water partition coefficient (Wildman–Crippen LogP) is 5.05. The van der Waals surface area contributed by atoms with Gasteiger partial charge >= 0.3 is 0 Å². The predicted molar refractivity (Wildman–Crippen MR) is 162 cm³/mol. The zero-order chi connectivity index (χ0) is 25.6. The first kappa shape index (κ1) is 28.2. The number of fused-ring (bicyclic) bond motifs is 2. The number of nitrogens with zero attached hydrogens (tertiary/aromatic N) is 3. The van der Waals surface area contributed by atoms with Gasteiger partial charge in [-0.3, -0.25) is 14.6 Å². The lowest BCUT2D eigenvalue weighted by atomic mass is 10.1. The number of H-pyrrole nitrogens is 2. The van der Waals surface area contributed by atoms with Crippen LogP contribution in [0.25, 0.3) is 33.4 Å². The number of aromatic amines is 2. The molecule has 3 aliphatic rings. The summed E-state index contributed by atoms with van der Waals surface area (Å²) in [6.45, 7) is 4.80. The molecule has 0 bridgehead atoms. The lowest BCUT2D eigenvalue weighted by Crippen LogP contribution is -2.42. The van der Waals surface area contributed by atoms with E-state index in [2.05, 4.69) is 36.1 Å². The first-order valence-electron chi connectivity index (χ1n) is 13.8. The SMILES string of the molecule is Cl.Cl.O=C1NCCc2[nH]c(-c3ccnc(-c4ccc5[nH]c(C(=O)N6CCC[C@@H]6CN6CCCC6)cc5c4)c3)cc21. The Kier molecular flexibility index (Phi) is 8.21. The van der Waals surface area contributed by atoms with Gasteiger partial charge in [0.15, 0.2) is 0 Å². The zero-order valence-corrected chi connectivity index (χ0v) is 23.9. The van der Waals surface area contributed by atoms with E-state index in [0.717, 1.165) is 90.1 Å². The Morgan fingerprint density at radius 2 is 1.80 bits per heavy atom. The Hall–Kier alpha value is -3.33. The number of likely N-dealkylation sites (tertiary alicyclic amines) is 2. The van der Waals surface area contributed by atoms with E-state index in [4.69, 9.17) is 0 Å². The second-order valence-corrected chi connectivity index (χ2v) is 10.8. The summed E-state index contributed by atoms with van der Waals surface area (Å²) in [4.78, 5) is 41.7. The van der Waals surface area contributed by atoms with Gasteiger partial charge in [-0.05, 0) is 75.2 Å². The number of aromatic nitrogens is 3. The van der Waals surface area contributed by atoms with Crippen molar-refractivity contribution in [3.05, 3.63) is 65.6 Å². The van der Waals surface area contributed by atoms with Gasteiger partial charge in [0.1, 0.15) is 5.69 Å². The van der Waals surface area contributed by atoms with Gasteiger partial charge in [0.05, 0.1) is 11.3 Å². The van der Waals surface area contributed by atoms with Crippen molar-refractivity contribution in [2.24, 2.45) is 0 Å². The van der Waals surface area contributed by atoms with E-state index in [1.54, 1.807) is 6.20 Å². The van der Waals surface area contributed by atoms with Gasteiger partial charge in [0, 0.05) is 71.7 Å². The normalized spacial score (nSPS) is 18.8. The molecule has 3 aliphatic heterocycles. The smallest absolute Gasteiger partial charge is 0.270 e. The molecule has 6 heterocycles. The molecule has 0 radical (unpaired) electrons. The first-order valence-corrected chi connectivity index (χ1v) is 13.8. The zero-order valence-electron chi connectivity index (χ0n) is 22.2. The van der Waals surface area contributed by atoms with Crippen LogP contribution in [0.4, 0.5) is 0 Å². The van der Waals surface area contributed by atoms with Gasteiger partial charge in [-0.1, -0.05) is 6.07 Å². The maximum atomic E-state index is 13.5. The molecule has 7 rings (SSSR count). The van der Waals surface area contributed by atoms with Crippen LogP contribution in [0.5, 0.6) is 0 Å². The average molecular weight is 582 g/mol. The summed E-state index contributed by atoms with van der Waals surface area (Å²) in [7, 11) is 0. The van der Waals surface area contributed by atoms with Gasteiger partial charge in [0.2, 0.25) is 0 Å². The molecule has 8 nitrogen and oxygen atoms in total. The lowest BCUT2D eigenvalue weighted by molar-refractivity contribution is 0.0703. The molecule has 0 aliphatic carbocycles. The van der Waals surface area contributed by atoms with Crippen LogP contribution in [0.15, 0.2) is 48.7 Å². The molecule has 2 saturated heterocycles. The summed E-state index contributed by atoms with van der Waals surface area (Å²) in [5.41, 5.74) is 7.04. The van der Waals surface area contributed by atoms with Crippen LogP contribution in [-0.4, -0.2) is 75.3 Å². The van der Waals surface area contributed by atoms with Crippen molar-refractivity contribution in [1.82, 2.24) is 30.1 Å². The number of hydrogen-bond acceptors (Lipinski definition) is 4. The number of benzene rings is 1. The maximum absolute atomic E-state index is 13.5. The molecule has 1 atom stereocenters. The fourth-order valence-corrected chi connectivity index (χ4v) is 6.32. The highest BCUT2D eigenvalue weighted by atomic mass is 35.5. The summed E-state index contributed by atoms with van der Waals surface area (Å²) >= 11 is 0. The first-order chi connectivity index (χ1) is 18.6. The Bertz CT molecular complexity index is 1540. The third-order valence-corrected chi connectivity index (χ3v) is 8.33. The molecule has 10 heteroatoms. The molecule has 0 unspecified atom stereocenters. The molecule has 40 heavy (non-hydrogen) atoms. The molecule has 2 fully saturated rings. The van der Waals surface area contributed by atoms with Crippen molar-refractivity contribution in [3.63, 3.8) is 0 Å². The molecule has 3 N–H and O–H groups in total. The van der Waals surface area contributed by atoms with E-state index in [9.17, 15) is 9.59 Å². The number of pyridine rings is 1. The second-order valence-electron chi connectivity index (χ2n) is 10.8. The minimum atomic E-state index is -0.0254. The number of rotatable bonds is 5. The van der Waals surface area contributed by atoms with Crippen LogP contribution in [0.1, 0.15) is 52.2 Å². The van der Waals surface area contributed by atoms with E-state index in [1.165, 1.54) is 12.8 Å². The van der Waals surface area contributed by atoms with E-state index in [0.29, 0.717) is 18.3 Å². The average Bonchev–Trinajstić information content (AvgIpc) is 3.75. The second kappa shape index (κ2) is 11.6. The summed E-state index contributed by atoms with van der Waals surface area (Å²) in [6, 6.07) is 14.4. The molecule has 3 aromatic heterocycles. The van der Waals surface area contributed by atoms with Gasteiger partial charge in [0.25, 0.3) is 11.8 Å². The fourth-order valence-electron chi connectivity index (χ4n) is 6.32. The molecular formula is C30H34Cl2N6O2. The molecule has 0 saturated carbocycles. The maximum Gasteiger partial charge on any atom is 0.270 e. The summed E-state index contributed by atoms with van der Waals surface area (Å²) < 4.78 is 0. The molecule has 210 valence electrons. The topological polar surface area (TPSA) is 97.1 Å². The number of amides is 2. The van der Waals surface area contributed by atoms with E-state index in [-0.39, 0.29) is 36.6 Å². The van der Waals surface area contributed by atoms with Crippen LogP contribution < -0.4 is 5.32 Å². The van der Waals surface area contributed by atoms with Crippen LogP contribution >= 0.6 is 24.8 Å². The summed E-state index contributed by atoms with van der Waals surface area (Å²) in [5, 5.41) is 3.90. The van der Waals surface area contributed by atoms with Crippen LogP contribution in [0, 0.1) is 0 Å². The highest BCUT2D eigenvalue weighted by Crippen LogP contribution is 2.30. The largest absolute Gasteiger partial charge is 0.358 e. The Labute approximate surface area is 245 Å². The van der Waals surface area contributed by atoms with E-state index >= 15 is 0 Å². The summed E-state index contributed by atoms with van der Waals surface area (Å²) in [5.74, 6) is 0.0758. The van der Waals surface area contributed by atoms with Gasteiger partial charge in [-0.25, -0.2) is 0 Å². The standard InChI is InChI=1S/C30H32N6O2.2ClH/c37-29-23-17-27(34-25(23)8-10-32-29)20-7-9-31-26(15-20)19-5-6-24-21(14-19)16-28(33-24)30(38)36-13-3-4-22(36)18-35-11-1-2-12-35;;/h5-7,9,14-17,22,33-34H,1-4,8,10-13,18H2,(H,32,37);2*1H/t22-;;/m1../s1. The van der Waals surface area contributed by atoms with Crippen LogP contribution in [-0.2, 0) is 6.42 Å². The number of halogens is 2. The lowest BCUT2D eigenvalue weighted by Gasteiger charge is -2.28. The Balaban J connectivity index is 0.00000161. The van der Waals surface area contributed by atoms with Crippen molar-refractivity contribution < 1.29 is 9.59 Å². The third-order valence-electron chi connectivity index (χ3n) is 8.33. The molecule has 4 aromatic rings. The Morgan fingerprint density at radius 3 is 2.62 bits per heavy atom. The van der Waals surface area contributed by atoms with Gasteiger partial charge in [-0.2, -0.15) is 0 Å². The van der Waals surface area contributed by atoms with Crippen LogP contribution in [0.2, 0.25) is 0 Å².